The fourth-order valence-electron chi connectivity index (χ4n) is 2.04. The van der Waals surface area contributed by atoms with Crippen LogP contribution >= 0.6 is 0 Å². The van der Waals surface area contributed by atoms with Gasteiger partial charge in [0.1, 0.15) is 5.82 Å². The number of furan rings is 1. The molecule has 3 heteroatoms. The quantitative estimate of drug-likeness (QED) is 0.877. The number of aryl methyl sites for hydroxylation is 1. The van der Waals surface area contributed by atoms with Gasteiger partial charge in [0.05, 0.1) is 12.5 Å². The van der Waals surface area contributed by atoms with E-state index in [9.17, 15) is 4.39 Å². The predicted octanol–water partition coefficient (Wildman–Crippen LogP) is 3.23. The first-order valence-corrected chi connectivity index (χ1v) is 5.65. The third-order valence-corrected chi connectivity index (χ3v) is 2.98. The molecule has 2 rings (SSSR count). The molecule has 0 spiro atoms. The van der Waals surface area contributed by atoms with Gasteiger partial charge in [0.25, 0.3) is 0 Å². The second kappa shape index (κ2) is 5.15. The van der Waals surface area contributed by atoms with Crippen LogP contribution in [0.3, 0.4) is 0 Å². The van der Waals surface area contributed by atoms with Crippen molar-refractivity contribution in [2.75, 3.05) is 7.05 Å². The maximum atomic E-state index is 13.1. The number of hydrogen-bond acceptors (Lipinski definition) is 2. The maximum absolute atomic E-state index is 13.1. The van der Waals surface area contributed by atoms with Gasteiger partial charge in [0.15, 0.2) is 0 Å². The third-order valence-electron chi connectivity index (χ3n) is 2.98. The molecule has 1 aromatic carbocycles. The molecular weight excluding hydrogens is 217 g/mol. The minimum Gasteiger partial charge on any atom is -0.472 e. The van der Waals surface area contributed by atoms with Crippen LogP contribution in [0.4, 0.5) is 4.39 Å². The maximum Gasteiger partial charge on any atom is 0.123 e. The molecule has 1 atom stereocenters. The van der Waals surface area contributed by atoms with Gasteiger partial charge < -0.3 is 9.73 Å². The van der Waals surface area contributed by atoms with Gasteiger partial charge in [0, 0.05) is 6.04 Å². The molecule has 0 saturated carbocycles. The summed E-state index contributed by atoms with van der Waals surface area (Å²) in [6.07, 6.45) is 4.24. The molecule has 17 heavy (non-hydrogen) atoms. The van der Waals surface area contributed by atoms with Crippen molar-refractivity contribution in [2.24, 2.45) is 0 Å². The van der Waals surface area contributed by atoms with E-state index < -0.39 is 0 Å². The highest BCUT2D eigenvalue weighted by Gasteiger charge is 2.13. The van der Waals surface area contributed by atoms with E-state index in [1.54, 1.807) is 18.6 Å². The summed E-state index contributed by atoms with van der Waals surface area (Å²) in [6.45, 7) is 1.93. The zero-order valence-electron chi connectivity index (χ0n) is 10.0. The molecule has 2 nitrogen and oxygen atoms in total. The minimum atomic E-state index is -0.190. The molecule has 0 aliphatic rings. The Hall–Kier alpha value is -1.61. The Balaban J connectivity index is 2.23. The average Bonchev–Trinajstić information content (AvgIpc) is 2.79. The molecular formula is C14H16FNO. The molecule has 1 heterocycles. The Labute approximate surface area is 100 Å². The fourth-order valence-corrected chi connectivity index (χ4v) is 2.04. The molecule has 90 valence electrons. The first-order chi connectivity index (χ1) is 8.20. The summed E-state index contributed by atoms with van der Waals surface area (Å²) in [5, 5.41) is 3.25. The van der Waals surface area contributed by atoms with E-state index in [-0.39, 0.29) is 11.9 Å². The van der Waals surface area contributed by atoms with Crippen molar-refractivity contribution in [1.29, 1.82) is 0 Å². The van der Waals surface area contributed by atoms with Crippen molar-refractivity contribution in [2.45, 2.75) is 19.4 Å². The molecule has 1 aromatic heterocycles. The average molecular weight is 233 g/mol. The van der Waals surface area contributed by atoms with Crippen molar-refractivity contribution in [1.82, 2.24) is 5.32 Å². The zero-order valence-corrected chi connectivity index (χ0v) is 10.0. The summed E-state index contributed by atoms with van der Waals surface area (Å²) in [5.41, 5.74) is 3.22. The van der Waals surface area contributed by atoms with Crippen molar-refractivity contribution in [3.63, 3.8) is 0 Å². The van der Waals surface area contributed by atoms with Crippen LogP contribution in [0.2, 0.25) is 0 Å². The molecule has 1 unspecified atom stereocenters. The van der Waals surface area contributed by atoms with Gasteiger partial charge >= 0.3 is 0 Å². The first kappa shape index (κ1) is 11.9. The summed E-state index contributed by atoms with van der Waals surface area (Å²) in [5.74, 6) is -0.190. The van der Waals surface area contributed by atoms with Gasteiger partial charge in [0.2, 0.25) is 0 Å². The van der Waals surface area contributed by atoms with Crippen molar-refractivity contribution < 1.29 is 8.81 Å². The summed E-state index contributed by atoms with van der Waals surface area (Å²) < 4.78 is 18.1. The fraction of sp³-hybridized carbons (Fsp3) is 0.286. The normalized spacial score (nSPS) is 12.6. The Morgan fingerprint density at radius 3 is 2.76 bits per heavy atom. The number of nitrogens with one attached hydrogen (secondary N) is 1. The second-order valence-corrected chi connectivity index (χ2v) is 4.18. The third kappa shape index (κ3) is 2.74. The van der Waals surface area contributed by atoms with Gasteiger partial charge in [-0.1, -0.05) is 6.07 Å². The lowest BCUT2D eigenvalue weighted by Crippen LogP contribution is -2.19. The topological polar surface area (TPSA) is 25.2 Å². The van der Waals surface area contributed by atoms with Crippen LogP contribution in [0.15, 0.2) is 41.2 Å². The minimum absolute atomic E-state index is 0.174. The van der Waals surface area contributed by atoms with Gasteiger partial charge in [-0.25, -0.2) is 4.39 Å². The lowest BCUT2D eigenvalue weighted by molar-refractivity contribution is 0.550. The smallest absolute Gasteiger partial charge is 0.123 e. The van der Waals surface area contributed by atoms with E-state index in [2.05, 4.69) is 5.32 Å². The van der Waals surface area contributed by atoms with Crippen molar-refractivity contribution >= 4 is 0 Å². The lowest BCUT2D eigenvalue weighted by Gasteiger charge is -2.18. The van der Waals surface area contributed by atoms with Gasteiger partial charge in [-0.15, -0.1) is 0 Å². The van der Waals surface area contributed by atoms with Gasteiger partial charge in [-0.3, -0.25) is 0 Å². The Kier molecular flexibility index (Phi) is 3.59. The molecule has 2 aromatic rings. The second-order valence-electron chi connectivity index (χ2n) is 4.18. The van der Waals surface area contributed by atoms with Crippen molar-refractivity contribution in [3.8, 4) is 0 Å². The van der Waals surface area contributed by atoms with E-state index in [4.69, 9.17) is 4.42 Å². The van der Waals surface area contributed by atoms with Crippen LogP contribution in [0.5, 0.6) is 0 Å². The highest BCUT2D eigenvalue weighted by atomic mass is 19.1. The molecule has 0 fully saturated rings. The van der Waals surface area contributed by atoms with Crippen LogP contribution in [0.1, 0.15) is 22.7 Å². The molecule has 0 radical (unpaired) electrons. The van der Waals surface area contributed by atoms with E-state index in [0.717, 1.165) is 23.1 Å². The Bertz CT molecular complexity index is 479. The monoisotopic (exact) mass is 233 g/mol. The summed E-state index contributed by atoms with van der Waals surface area (Å²) in [7, 11) is 1.91. The SMILES string of the molecule is CNC(Cc1ccoc1)c1ccc(F)cc1C. The van der Waals surface area contributed by atoms with Crippen molar-refractivity contribution in [3.05, 3.63) is 59.3 Å². The van der Waals surface area contributed by atoms with E-state index in [0.29, 0.717) is 0 Å². The molecule has 0 amide bonds. The lowest BCUT2D eigenvalue weighted by atomic mass is 9.96. The summed E-state index contributed by atoms with van der Waals surface area (Å²) >= 11 is 0. The van der Waals surface area contributed by atoms with Gasteiger partial charge in [-0.2, -0.15) is 0 Å². The number of rotatable bonds is 4. The Morgan fingerprint density at radius 2 is 2.18 bits per heavy atom. The number of benzene rings is 1. The number of hydrogen-bond donors (Lipinski definition) is 1. The van der Waals surface area contributed by atoms with Gasteiger partial charge in [-0.05, 0) is 55.3 Å². The van der Waals surface area contributed by atoms with Crippen LogP contribution in [0, 0.1) is 12.7 Å². The number of likely N-dealkylation sites (N-methyl/N-ethyl adjacent to an activating group) is 1. The van der Waals surface area contributed by atoms with Crippen LogP contribution in [-0.4, -0.2) is 7.05 Å². The summed E-state index contributed by atoms with van der Waals surface area (Å²) in [4.78, 5) is 0. The molecule has 0 saturated heterocycles. The summed E-state index contributed by atoms with van der Waals surface area (Å²) in [6, 6.07) is 7.03. The van der Waals surface area contributed by atoms with Crippen LogP contribution < -0.4 is 5.32 Å². The predicted molar refractivity (Wildman–Crippen MR) is 65.3 cm³/mol. The van der Waals surface area contributed by atoms with E-state index in [1.165, 1.54) is 6.07 Å². The van der Waals surface area contributed by atoms with E-state index in [1.807, 2.05) is 26.1 Å². The Morgan fingerprint density at radius 1 is 1.35 bits per heavy atom. The zero-order chi connectivity index (χ0) is 12.3. The highest BCUT2D eigenvalue weighted by Crippen LogP contribution is 2.22. The largest absolute Gasteiger partial charge is 0.472 e. The number of halogens is 1. The van der Waals surface area contributed by atoms with E-state index >= 15 is 0 Å². The molecule has 1 N–H and O–H groups in total. The molecule has 0 aliphatic carbocycles. The first-order valence-electron chi connectivity index (χ1n) is 5.65. The molecule has 0 aliphatic heterocycles. The van der Waals surface area contributed by atoms with Crippen LogP contribution in [-0.2, 0) is 6.42 Å². The van der Waals surface area contributed by atoms with Crippen LogP contribution in [0.25, 0.3) is 0 Å². The molecule has 0 bridgehead atoms. The standard InChI is InChI=1S/C14H16FNO/c1-10-7-12(15)3-4-13(10)14(16-2)8-11-5-6-17-9-11/h3-7,9,14,16H,8H2,1-2H3. The highest BCUT2D eigenvalue weighted by molar-refractivity contribution is 5.30.